The van der Waals surface area contributed by atoms with E-state index in [4.69, 9.17) is 4.74 Å². The Bertz CT molecular complexity index is 362. The first-order chi connectivity index (χ1) is 7.70. The minimum absolute atomic E-state index is 0.255. The highest BCUT2D eigenvalue weighted by Gasteiger charge is 2.20. The van der Waals surface area contributed by atoms with E-state index < -0.39 is 0 Å². The van der Waals surface area contributed by atoms with Crippen LogP contribution >= 0.6 is 0 Å². The highest BCUT2D eigenvalue weighted by Crippen LogP contribution is 2.25. The second kappa shape index (κ2) is 4.98. The fourth-order valence-corrected chi connectivity index (χ4v) is 2.22. The summed E-state index contributed by atoms with van der Waals surface area (Å²) in [5.41, 5.74) is 4.11. The summed E-state index contributed by atoms with van der Waals surface area (Å²) in [6, 6.07) is 6.73. The predicted molar refractivity (Wildman–Crippen MR) is 66.7 cm³/mol. The van der Waals surface area contributed by atoms with E-state index in [1.807, 2.05) is 0 Å². The van der Waals surface area contributed by atoms with Crippen molar-refractivity contribution < 1.29 is 4.74 Å². The molecule has 16 heavy (non-hydrogen) atoms. The molecule has 2 nitrogen and oxygen atoms in total. The van der Waals surface area contributed by atoms with Gasteiger partial charge in [-0.1, -0.05) is 25.1 Å². The quantitative estimate of drug-likeness (QED) is 0.758. The molecular formula is C14H21NO. The summed E-state index contributed by atoms with van der Waals surface area (Å²) in [7, 11) is 2.16. The van der Waals surface area contributed by atoms with Crippen molar-refractivity contribution in [3.05, 3.63) is 34.9 Å². The van der Waals surface area contributed by atoms with Gasteiger partial charge in [0.15, 0.2) is 0 Å². The van der Waals surface area contributed by atoms with Gasteiger partial charge in [0.2, 0.25) is 0 Å². The van der Waals surface area contributed by atoms with Gasteiger partial charge in [-0.3, -0.25) is 0 Å². The van der Waals surface area contributed by atoms with Crippen LogP contribution in [0.5, 0.6) is 0 Å². The van der Waals surface area contributed by atoms with Crippen LogP contribution in [0.2, 0.25) is 0 Å². The smallest absolute Gasteiger partial charge is 0.0954 e. The average molecular weight is 219 g/mol. The normalized spacial score (nSPS) is 22.3. The van der Waals surface area contributed by atoms with Crippen molar-refractivity contribution in [2.24, 2.45) is 0 Å². The van der Waals surface area contributed by atoms with E-state index in [0.717, 1.165) is 26.1 Å². The summed E-state index contributed by atoms with van der Waals surface area (Å²) in [4.78, 5) is 2.34. The van der Waals surface area contributed by atoms with E-state index in [-0.39, 0.29) is 6.10 Å². The second-order valence-corrected chi connectivity index (χ2v) is 4.67. The molecule has 0 saturated carbocycles. The standard InChI is InChI=1S/C14H21NO/c1-4-12-6-5-11(2)13(9-12)14-10-15(3)7-8-16-14/h5-6,9,14H,4,7-8,10H2,1-3H3. The first kappa shape index (κ1) is 11.6. The number of benzene rings is 1. The van der Waals surface area contributed by atoms with E-state index >= 15 is 0 Å². The summed E-state index contributed by atoms with van der Waals surface area (Å²) in [5, 5.41) is 0. The van der Waals surface area contributed by atoms with Crippen LogP contribution in [-0.4, -0.2) is 31.6 Å². The Balaban J connectivity index is 2.24. The maximum atomic E-state index is 5.87. The number of hydrogen-bond donors (Lipinski definition) is 0. The van der Waals surface area contributed by atoms with Crippen molar-refractivity contribution in [2.75, 3.05) is 26.7 Å². The summed E-state index contributed by atoms with van der Waals surface area (Å²) in [6.07, 6.45) is 1.35. The summed E-state index contributed by atoms with van der Waals surface area (Å²) in [5.74, 6) is 0. The van der Waals surface area contributed by atoms with Gasteiger partial charge in [-0.05, 0) is 37.1 Å². The topological polar surface area (TPSA) is 12.5 Å². The molecule has 1 aromatic carbocycles. The minimum Gasteiger partial charge on any atom is -0.371 e. The van der Waals surface area contributed by atoms with Gasteiger partial charge in [-0.2, -0.15) is 0 Å². The maximum absolute atomic E-state index is 5.87. The Morgan fingerprint density at radius 3 is 2.94 bits per heavy atom. The lowest BCUT2D eigenvalue weighted by molar-refractivity contribution is -0.0212. The summed E-state index contributed by atoms with van der Waals surface area (Å²) in [6.45, 7) is 7.27. The lowest BCUT2D eigenvalue weighted by Gasteiger charge is -2.31. The van der Waals surface area contributed by atoms with Crippen LogP contribution in [-0.2, 0) is 11.2 Å². The monoisotopic (exact) mass is 219 g/mol. The molecule has 0 bridgehead atoms. The van der Waals surface area contributed by atoms with Crippen LogP contribution in [0.1, 0.15) is 29.7 Å². The zero-order valence-electron chi connectivity index (χ0n) is 10.5. The van der Waals surface area contributed by atoms with Crippen molar-refractivity contribution in [3.8, 4) is 0 Å². The Morgan fingerprint density at radius 1 is 1.44 bits per heavy atom. The molecule has 1 aromatic rings. The molecule has 1 aliphatic heterocycles. The second-order valence-electron chi connectivity index (χ2n) is 4.67. The first-order valence-electron chi connectivity index (χ1n) is 6.10. The van der Waals surface area contributed by atoms with Crippen molar-refractivity contribution in [1.82, 2.24) is 4.90 Å². The van der Waals surface area contributed by atoms with Crippen LogP contribution in [0.3, 0.4) is 0 Å². The largest absolute Gasteiger partial charge is 0.371 e. The minimum atomic E-state index is 0.255. The molecule has 1 heterocycles. The molecule has 2 heteroatoms. The Morgan fingerprint density at radius 2 is 2.25 bits per heavy atom. The molecule has 0 amide bonds. The number of aryl methyl sites for hydroxylation is 2. The fraction of sp³-hybridized carbons (Fsp3) is 0.571. The summed E-state index contributed by atoms with van der Waals surface area (Å²) < 4.78 is 5.87. The van der Waals surface area contributed by atoms with Gasteiger partial charge in [0, 0.05) is 13.1 Å². The number of rotatable bonds is 2. The number of likely N-dealkylation sites (N-methyl/N-ethyl adjacent to an activating group) is 1. The molecular weight excluding hydrogens is 198 g/mol. The fourth-order valence-electron chi connectivity index (χ4n) is 2.22. The van der Waals surface area contributed by atoms with E-state index in [1.165, 1.54) is 16.7 Å². The third kappa shape index (κ3) is 2.45. The predicted octanol–water partition coefficient (Wildman–Crippen LogP) is 2.56. The first-order valence-corrected chi connectivity index (χ1v) is 6.10. The molecule has 0 aromatic heterocycles. The van der Waals surface area contributed by atoms with Crippen molar-refractivity contribution in [3.63, 3.8) is 0 Å². The molecule has 1 aliphatic rings. The molecule has 0 aliphatic carbocycles. The van der Waals surface area contributed by atoms with E-state index in [1.54, 1.807) is 0 Å². The maximum Gasteiger partial charge on any atom is 0.0954 e. The van der Waals surface area contributed by atoms with Crippen molar-refractivity contribution >= 4 is 0 Å². The third-order valence-electron chi connectivity index (χ3n) is 3.37. The van der Waals surface area contributed by atoms with Gasteiger partial charge < -0.3 is 9.64 Å². The van der Waals surface area contributed by atoms with Crippen LogP contribution in [0, 0.1) is 6.92 Å². The molecule has 0 N–H and O–H groups in total. The van der Waals surface area contributed by atoms with Gasteiger partial charge in [0.1, 0.15) is 0 Å². The zero-order chi connectivity index (χ0) is 11.5. The number of nitrogens with zero attached hydrogens (tertiary/aromatic N) is 1. The number of ether oxygens (including phenoxy) is 1. The Labute approximate surface area is 98.2 Å². The highest BCUT2D eigenvalue weighted by atomic mass is 16.5. The van der Waals surface area contributed by atoms with Crippen LogP contribution in [0.15, 0.2) is 18.2 Å². The molecule has 0 radical (unpaired) electrons. The zero-order valence-corrected chi connectivity index (χ0v) is 10.5. The number of morpholine rings is 1. The van der Waals surface area contributed by atoms with Crippen LogP contribution < -0.4 is 0 Å². The SMILES string of the molecule is CCc1ccc(C)c(C2CN(C)CCO2)c1. The van der Waals surface area contributed by atoms with Crippen LogP contribution in [0.25, 0.3) is 0 Å². The van der Waals surface area contributed by atoms with Gasteiger partial charge in [-0.25, -0.2) is 0 Å². The van der Waals surface area contributed by atoms with Crippen LogP contribution in [0.4, 0.5) is 0 Å². The lowest BCUT2D eigenvalue weighted by Crippen LogP contribution is -2.35. The molecule has 1 fully saturated rings. The molecule has 1 saturated heterocycles. The van der Waals surface area contributed by atoms with E-state index in [0.29, 0.717) is 0 Å². The van der Waals surface area contributed by atoms with Gasteiger partial charge in [0.05, 0.1) is 12.7 Å². The third-order valence-corrected chi connectivity index (χ3v) is 3.37. The van der Waals surface area contributed by atoms with E-state index in [9.17, 15) is 0 Å². The van der Waals surface area contributed by atoms with Gasteiger partial charge in [-0.15, -0.1) is 0 Å². The van der Waals surface area contributed by atoms with Crippen molar-refractivity contribution in [1.29, 1.82) is 0 Å². The van der Waals surface area contributed by atoms with E-state index in [2.05, 4.69) is 44.0 Å². The van der Waals surface area contributed by atoms with Crippen molar-refractivity contribution in [2.45, 2.75) is 26.4 Å². The Kier molecular flexibility index (Phi) is 3.62. The number of hydrogen-bond acceptors (Lipinski definition) is 2. The average Bonchev–Trinajstić information content (AvgIpc) is 2.30. The summed E-state index contributed by atoms with van der Waals surface area (Å²) >= 11 is 0. The highest BCUT2D eigenvalue weighted by molar-refractivity contribution is 5.33. The molecule has 0 spiro atoms. The Hall–Kier alpha value is -0.860. The lowest BCUT2D eigenvalue weighted by atomic mass is 9.98. The molecule has 1 atom stereocenters. The van der Waals surface area contributed by atoms with Gasteiger partial charge in [0.25, 0.3) is 0 Å². The molecule has 2 rings (SSSR count). The van der Waals surface area contributed by atoms with Gasteiger partial charge >= 0.3 is 0 Å². The molecule has 1 unspecified atom stereocenters. The molecule has 88 valence electrons.